The molecule has 1 aliphatic rings. The van der Waals surface area contributed by atoms with E-state index in [1.807, 2.05) is 0 Å². The van der Waals surface area contributed by atoms with Crippen molar-refractivity contribution < 1.29 is 5.11 Å². The number of nitrogens with one attached hydrogen (secondary N) is 1. The highest BCUT2D eigenvalue weighted by atomic mass is 16.3. The first kappa shape index (κ1) is 8.57. The number of aliphatic hydroxyl groups is 1. The van der Waals surface area contributed by atoms with Gasteiger partial charge >= 0.3 is 0 Å². The topological polar surface area (TPSA) is 32.3 Å². The van der Waals surface area contributed by atoms with E-state index in [9.17, 15) is 5.11 Å². The molecule has 0 saturated heterocycles. The van der Waals surface area contributed by atoms with E-state index in [0.717, 1.165) is 12.8 Å². The van der Waals surface area contributed by atoms with Gasteiger partial charge in [-0.25, -0.2) is 0 Å². The summed E-state index contributed by atoms with van der Waals surface area (Å²) < 4.78 is 0. The van der Waals surface area contributed by atoms with Gasteiger partial charge in [0.05, 0.1) is 6.10 Å². The molecule has 0 aliphatic carbocycles. The first-order chi connectivity index (χ1) is 6.31. The van der Waals surface area contributed by atoms with Crippen molar-refractivity contribution in [3.63, 3.8) is 0 Å². The van der Waals surface area contributed by atoms with Crippen LogP contribution in [0.15, 0.2) is 18.2 Å². The maximum atomic E-state index is 9.46. The highest BCUT2D eigenvalue weighted by Gasteiger charge is 2.16. The lowest BCUT2D eigenvalue weighted by atomic mass is 9.97. The van der Waals surface area contributed by atoms with Crippen LogP contribution in [0.1, 0.15) is 18.1 Å². The Kier molecular flexibility index (Phi) is 2.23. The van der Waals surface area contributed by atoms with E-state index in [4.69, 9.17) is 0 Å². The van der Waals surface area contributed by atoms with Crippen LogP contribution in [0.25, 0.3) is 0 Å². The minimum absolute atomic E-state index is 0.223. The van der Waals surface area contributed by atoms with Gasteiger partial charge in [0.2, 0.25) is 0 Å². The number of hydrogen-bond donors (Lipinski definition) is 2. The van der Waals surface area contributed by atoms with Crippen molar-refractivity contribution >= 4 is 5.69 Å². The SMILES string of the molecule is CCc1cccc2c1NCC(O)C2. The van der Waals surface area contributed by atoms with Crippen molar-refractivity contribution in [2.75, 3.05) is 11.9 Å². The normalized spacial score (nSPS) is 20.6. The Morgan fingerprint density at radius 3 is 3.15 bits per heavy atom. The molecular formula is C11H15NO. The Morgan fingerprint density at radius 2 is 2.38 bits per heavy atom. The first-order valence-corrected chi connectivity index (χ1v) is 4.84. The van der Waals surface area contributed by atoms with Crippen molar-refractivity contribution in [3.8, 4) is 0 Å². The highest BCUT2D eigenvalue weighted by Crippen LogP contribution is 2.26. The molecule has 0 fully saturated rings. The molecular weight excluding hydrogens is 162 g/mol. The number of fused-ring (bicyclic) bond motifs is 1. The van der Waals surface area contributed by atoms with Gasteiger partial charge in [-0.2, -0.15) is 0 Å². The van der Waals surface area contributed by atoms with Crippen molar-refractivity contribution in [2.45, 2.75) is 25.9 Å². The van der Waals surface area contributed by atoms with Gasteiger partial charge in [-0.15, -0.1) is 0 Å². The number of aryl methyl sites for hydroxylation is 1. The molecule has 2 N–H and O–H groups in total. The highest BCUT2D eigenvalue weighted by molar-refractivity contribution is 5.59. The minimum Gasteiger partial charge on any atom is -0.391 e. The number of β-amino-alcohol motifs (C(OH)–C–C–N with tert-alkyl or cyclic N) is 1. The molecule has 0 bridgehead atoms. The van der Waals surface area contributed by atoms with E-state index < -0.39 is 0 Å². The zero-order valence-corrected chi connectivity index (χ0v) is 7.88. The molecule has 70 valence electrons. The molecule has 1 atom stereocenters. The molecule has 1 heterocycles. The van der Waals surface area contributed by atoms with E-state index in [2.05, 4.69) is 30.4 Å². The fourth-order valence-corrected chi connectivity index (χ4v) is 1.89. The first-order valence-electron chi connectivity index (χ1n) is 4.84. The van der Waals surface area contributed by atoms with Crippen LogP contribution in [0.2, 0.25) is 0 Å². The Bertz CT molecular complexity index is 309. The van der Waals surface area contributed by atoms with E-state index in [1.165, 1.54) is 16.8 Å². The van der Waals surface area contributed by atoms with Crippen LogP contribution in [-0.4, -0.2) is 17.8 Å². The summed E-state index contributed by atoms with van der Waals surface area (Å²) in [5.74, 6) is 0. The zero-order chi connectivity index (χ0) is 9.26. The van der Waals surface area contributed by atoms with E-state index in [1.54, 1.807) is 0 Å². The molecule has 0 saturated carbocycles. The molecule has 13 heavy (non-hydrogen) atoms. The standard InChI is InChI=1S/C11H15NO/c1-2-8-4-3-5-9-6-10(13)7-12-11(8)9/h3-5,10,12-13H,2,6-7H2,1H3. The molecule has 0 radical (unpaired) electrons. The summed E-state index contributed by atoms with van der Waals surface area (Å²) in [7, 11) is 0. The maximum Gasteiger partial charge on any atom is 0.0753 e. The van der Waals surface area contributed by atoms with Gasteiger partial charge < -0.3 is 10.4 Å². The van der Waals surface area contributed by atoms with Gasteiger partial charge in [0.25, 0.3) is 0 Å². The van der Waals surface area contributed by atoms with Crippen LogP contribution < -0.4 is 5.32 Å². The Labute approximate surface area is 78.6 Å². The fourth-order valence-electron chi connectivity index (χ4n) is 1.89. The van der Waals surface area contributed by atoms with E-state index in [0.29, 0.717) is 6.54 Å². The van der Waals surface area contributed by atoms with Crippen molar-refractivity contribution in [3.05, 3.63) is 29.3 Å². The molecule has 2 heteroatoms. The lowest BCUT2D eigenvalue weighted by Gasteiger charge is -2.24. The summed E-state index contributed by atoms with van der Waals surface area (Å²) in [6.07, 6.45) is 1.61. The number of benzene rings is 1. The number of para-hydroxylation sites is 1. The summed E-state index contributed by atoms with van der Waals surface area (Å²) in [6, 6.07) is 6.30. The second-order valence-electron chi connectivity index (χ2n) is 3.54. The van der Waals surface area contributed by atoms with Gasteiger partial charge in [0, 0.05) is 18.7 Å². The average Bonchev–Trinajstić information content (AvgIpc) is 2.16. The van der Waals surface area contributed by atoms with Crippen LogP contribution in [0, 0.1) is 0 Å². The third kappa shape index (κ3) is 1.54. The van der Waals surface area contributed by atoms with Gasteiger partial charge in [-0.1, -0.05) is 25.1 Å². The molecule has 0 spiro atoms. The summed E-state index contributed by atoms with van der Waals surface area (Å²) in [4.78, 5) is 0. The monoisotopic (exact) mass is 177 g/mol. The lowest BCUT2D eigenvalue weighted by Crippen LogP contribution is -2.28. The number of hydrogen-bond acceptors (Lipinski definition) is 2. The van der Waals surface area contributed by atoms with Gasteiger partial charge in [-0.05, 0) is 17.5 Å². The third-order valence-electron chi connectivity index (χ3n) is 2.59. The Hall–Kier alpha value is -1.02. The quantitative estimate of drug-likeness (QED) is 0.682. The summed E-state index contributed by atoms with van der Waals surface area (Å²) >= 11 is 0. The van der Waals surface area contributed by atoms with Crippen LogP contribution in [0.5, 0.6) is 0 Å². The maximum absolute atomic E-state index is 9.46. The summed E-state index contributed by atoms with van der Waals surface area (Å²) in [5.41, 5.74) is 3.85. The molecule has 1 aromatic carbocycles. The van der Waals surface area contributed by atoms with Gasteiger partial charge in [-0.3, -0.25) is 0 Å². The summed E-state index contributed by atoms with van der Waals surface area (Å²) in [6.45, 7) is 2.84. The third-order valence-corrected chi connectivity index (χ3v) is 2.59. The smallest absolute Gasteiger partial charge is 0.0753 e. The van der Waals surface area contributed by atoms with Crippen molar-refractivity contribution in [1.29, 1.82) is 0 Å². The molecule has 2 nitrogen and oxygen atoms in total. The largest absolute Gasteiger partial charge is 0.391 e. The molecule has 1 aliphatic heterocycles. The van der Waals surface area contributed by atoms with Crippen LogP contribution >= 0.6 is 0 Å². The average molecular weight is 177 g/mol. The Morgan fingerprint density at radius 1 is 1.54 bits per heavy atom. The zero-order valence-electron chi connectivity index (χ0n) is 7.88. The van der Waals surface area contributed by atoms with E-state index >= 15 is 0 Å². The van der Waals surface area contributed by atoms with Gasteiger partial charge in [0.15, 0.2) is 0 Å². The second-order valence-corrected chi connectivity index (χ2v) is 3.54. The molecule has 0 amide bonds. The molecule has 0 aromatic heterocycles. The lowest BCUT2D eigenvalue weighted by molar-refractivity contribution is 0.184. The number of rotatable bonds is 1. The second kappa shape index (κ2) is 3.38. The molecule has 2 rings (SSSR count). The predicted molar refractivity (Wildman–Crippen MR) is 54.0 cm³/mol. The fraction of sp³-hybridized carbons (Fsp3) is 0.455. The van der Waals surface area contributed by atoms with Crippen LogP contribution in [-0.2, 0) is 12.8 Å². The van der Waals surface area contributed by atoms with Crippen LogP contribution in [0.3, 0.4) is 0 Å². The van der Waals surface area contributed by atoms with Gasteiger partial charge in [0.1, 0.15) is 0 Å². The molecule has 1 aromatic rings. The van der Waals surface area contributed by atoms with E-state index in [-0.39, 0.29) is 6.10 Å². The molecule has 1 unspecified atom stereocenters. The number of anilines is 1. The van der Waals surface area contributed by atoms with Crippen LogP contribution in [0.4, 0.5) is 5.69 Å². The van der Waals surface area contributed by atoms with Crippen molar-refractivity contribution in [1.82, 2.24) is 0 Å². The van der Waals surface area contributed by atoms with Crippen molar-refractivity contribution in [2.24, 2.45) is 0 Å². The predicted octanol–water partition coefficient (Wildman–Crippen LogP) is 1.58. The minimum atomic E-state index is -0.223. The number of aliphatic hydroxyl groups excluding tert-OH is 1. The Balaban J connectivity index is 2.39. The summed E-state index contributed by atoms with van der Waals surface area (Å²) in [5, 5.41) is 12.7.